The van der Waals surface area contributed by atoms with E-state index >= 15 is 0 Å². The molecule has 0 aliphatic carbocycles. The molecule has 9 nitrogen and oxygen atoms in total. The predicted octanol–water partition coefficient (Wildman–Crippen LogP) is 15.9. The van der Waals surface area contributed by atoms with Crippen molar-refractivity contribution in [3.05, 3.63) is 122 Å². The van der Waals surface area contributed by atoms with E-state index in [-0.39, 0.29) is 12.5 Å². The van der Waals surface area contributed by atoms with Crippen LogP contribution in [0.1, 0.15) is 239 Å². The van der Waals surface area contributed by atoms with Gasteiger partial charge in [0.1, 0.15) is 24.4 Å². The van der Waals surface area contributed by atoms with Crippen molar-refractivity contribution in [1.29, 1.82) is 0 Å². The maximum Gasteiger partial charge on any atom is 0.220 e. The lowest BCUT2D eigenvalue weighted by atomic mass is 9.99. The van der Waals surface area contributed by atoms with Crippen LogP contribution in [0.25, 0.3) is 0 Å². The Labute approximate surface area is 465 Å². The van der Waals surface area contributed by atoms with Crippen LogP contribution in [-0.4, -0.2) is 87.5 Å². The number of hydrogen-bond donors (Lipinski definition) is 6. The largest absolute Gasteiger partial charge is 0.394 e. The van der Waals surface area contributed by atoms with E-state index in [9.17, 15) is 30.3 Å². The third-order valence-corrected chi connectivity index (χ3v) is 13.8. The number of hydrogen-bond acceptors (Lipinski definition) is 8. The summed E-state index contributed by atoms with van der Waals surface area (Å²) in [5, 5.41) is 54.4. The Morgan fingerprint density at radius 3 is 1.26 bits per heavy atom. The molecule has 1 aliphatic rings. The molecule has 1 amide bonds. The van der Waals surface area contributed by atoms with Crippen LogP contribution < -0.4 is 5.32 Å². The van der Waals surface area contributed by atoms with Gasteiger partial charge < -0.3 is 40.3 Å². The van der Waals surface area contributed by atoms with E-state index in [1.807, 2.05) is 6.08 Å². The van der Waals surface area contributed by atoms with Crippen molar-refractivity contribution in [3.63, 3.8) is 0 Å². The lowest BCUT2D eigenvalue weighted by Gasteiger charge is -2.40. The number of amides is 1. The number of carbonyl (C=O) groups excluding carboxylic acids is 1. The Morgan fingerprint density at radius 1 is 0.461 bits per heavy atom. The van der Waals surface area contributed by atoms with Crippen molar-refractivity contribution in [1.82, 2.24) is 5.32 Å². The van der Waals surface area contributed by atoms with Crippen LogP contribution in [0.15, 0.2) is 122 Å². The predicted molar refractivity (Wildman–Crippen MR) is 322 cm³/mol. The number of ether oxygens (including phenoxy) is 2. The molecule has 0 spiro atoms. The summed E-state index contributed by atoms with van der Waals surface area (Å²) in [7, 11) is 0. The van der Waals surface area contributed by atoms with Gasteiger partial charge >= 0.3 is 0 Å². The smallest absolute Gasteiger partial charge is 0.220 e. The fourth-order valence-electron chi connectivity index (χ4n) is 8.95. The number of unbranched alkanes of at least 4 members (excludes halogenated alkanes) is 23. The van der Waals surface area contributed by atoms with Crippen LogP contribution in [0.2, 0.25) is 0 Å². The molecule has 1 heterocycles. The SMILES string of the molecule is CC/C=C\C/C=C\C/C=C\C/C=C\C/C=C\C/C=C\C/C=C\C/C=C\CCCCCCCCCCCCCCCCCCC(=O)NC(COC1OC(CO)C(O)C(O)C1O)C(O)/C=C/CC/C=C/CCCCCCCC. The number of aliphatic hydroxyl groups is 5. The molecule has 0 bridgehead atoms. The molecule has 1 fully saturated rings. The zero-order chi connectivity index (χ0) is 55.0. The first-order chi connectivity index (χ1) is 37.3. The van der Waals surface area contributed by atoms with E-state index in [4.69, 9.17) is 9.47 Å². The molecule has 7 unspecified atom stereocenters. The average molecular weight is 1060 g/mol. The quantitative estimate of drug-likeness (QED) is 0.0261. The molecule has 434 valence electrons. The zero-order valence-electron chi connectivity index (χ0n) is 48.2. The Morgan fingerprint density at radius 2 is 0.829 bits per heavy atom. The van der Waals surface area contributed by atoms with Crippen molar-refractivity contribution >= 4 is 5.91 Å². The van der Waals surface area contributed by atoms with Crippen molar-refractivity contribution < 1.29 is 39.8 Å². The standard InChI is InChI=1S/C67H113NO8/c1-3-5-7-9-11-13-15-17-18-19-20-21-22-23-24-25-26-27-28-29-30-31-32-33-34-35-36-37-38-39-40-41-42-43-44-45-47-49-51-53-55-57-63(71)68-60(59-75-67-66(74)65(73)64(72)62(58-69)76-67)61(70)56-54-52-50-48-46-16-14-12-10-8-6-4-2/h5,7,11,13,17-18,20-21,23-24,26-27,29-30,32-33,46,48,54,56,60-62,64-67,69-70,72-74H,3-4,6,8-10,12,14-16,19,22,25,28,31,34-45,47,49-53,55,57-59H2,1-2H3,(H,68,71)/b7-5-,13-11-,18-17-,21-20-,24-23-,27-26-,30-29-,33-32-,48-46+,56-54+. The number of allylic oxidation sites excluding steroid dienone is 19. The van der Waals surface area contributed by atoms with Gasteiger partial charge in [0, 0.05) is 6.42 Å². The Kier molecular flexibility index (Phi) is 51.0. The van der Waals surface area contributed by atoms with Crippen LogP contribution in [0.5, 0.6) is 0 Å². The molecule has 0 saturated carbocycles. The molecular formula is C67H113NO8. The molecule has 0 aromatic heterocycles. The van der Waals surface area contributed by atoms with Crippen molar-refractivity contribution in [3.8, 4) is 0 Å². The van der Waals surface area contributed by atoms with E-state index in [0.29, 0.717) is 6.42 Å². The maximum absolute atomic E-state index is 13.0. The Balaban J connectivity index is 2.08. The highest BCUT2D eigenvalue weighted by molar-refractivity contribution is 5.76. The van der Waals surface area contributed by atoms with Gasteiger partial charge in [0.25, 0.3) is 0 Å². The van der Waals surface area contributed by atoms with E-state index in [1.54, 1.807) is 6.08 Å². The third kappa shape index (κ3) is 43.6. The van der Waals surface area contributed by atoms with Crippen LogP contribution in [0.4, 0.5) is 0 Å². The molecule has 1 aliphatic heterocycles. The first-order valence-corrected chi connectivity index (χ1v) is 30.8. The van der Waals surface area contributed by atoms with Crippen LogP contribution in [0, 0.1) is 0 Å². The van der Waals surface area contributed by atoms with Gasteiger partial charge in [-0.15, -0.1) is 0 Å². The number of carbonyl (C=O) groups is 1. The minimum atomic E-state index is -1.58. The second kappa shape index (κ2) is 54.9. The highest BCUT2D eigenvalue weighted by Crippen LogP contribution is 2.23. The van der Waals surface area contributed by atoms with Gasteiger partial charge in [0.15, 0.2) is 6.29 Å². The molecule has 1 saturated heterocycles. The van der Waals surface area contributed by atoms with E-state index in [1.165, 1.54) is 128 Å². The Hall–Kier alpha value is -3.41. The topological polar surface area (TPSA) is 149 Å². The monoisotopic (exact) mass is 1060 g/mol. The van der Waals surface area contributed by atoms with Gasteiger partial charge in [-0.1, -0.05) is 257 Å². The first-order valence-electron chi connectivity index (χ1n) is 30.8. The molecule has 76 heavy (non-hydrogen) atoms. The molecule has 7 atom stereocenters. The van der Waals surface area contributed by atoms with Crippen LogP contribution in [0.3, 0.4) is 0 Å². The molecule has 0 radical (unpaired) electrons. The fourth-order valence-corrected chi connectivity index (χ4v) is 8.95. The molecule has 0 aromatic rings. The van der Waals surface area contributed by atoms with Crippen LogP contribution in [-0.2, 0) is 14.3 Å². The van der Waals surface area contributed by atoms with Gasteiger partial charge in [-0.05, 0) is 96.3 Å². The van der Waals surface area contributed by atoms with E-state index in [2.05, 4.69) is 129 Å². The minimum Gasteiger partial charge on any atom is -0.394 e. The normalized spacial score (nSPS) is 19.7. The van der Waals surface area contributed by atoms with Crippen LogP contribution >= 0.6 is 0 Å². The van der Waals surface area contributed by atoms with Crippen molar-refractivity contribution in [2.75, 3.05) is 13.2 Å². The summed E-state index contributed by atoms with van der Waals surface area (Å²) >= 11 is 0. The highest BCUT2D eigenvalue weighted by atomic mass is 16.7. The summed E-state index contributed by atoms with van der Waals surface area (Å²) in [6.45, 7) is 3.62. The lowest BCUT2D eigenvalue weighted by Crippen LogP contribution is -2.60. The first kappa shape index (κ1) is 70.6. The van der Waals surface area contributed by atoms with E-state index in [0.717, 1.165) is 89.9 Å². The van der Waals surface area contributed by atoms with Gasteiger partial charge in [0.05, 0.1) is 25.4 Å². The summed E-state index contributed by atoms with van der Waals surface area (Å²) in [6, 6.07) is -0.826. The molecule has 1 rings (SSSR count). The second-order valence-corrected chi connectivity index (χ2v) is 20.8. The minimum absolute atomic E-state index is 0.191. The molecule has 9 heteroatoms. The summed E-state index contributed by atoms with van der Waals surface area (Å²) in [6.07, 6.45) is 75.8. The Bertz CT molecular complexity index is 1610. The highest BCUT2D eigenvalue weighted by Gasteiger charge is 2.44. The maximum atomic E-state index is 13.0. The summed E-state index contributed by atoms with van der Waals surface area (Å²) in [4.78, 5) is 13.0. The molecular weight excluding hydrogens is 947 g/mol. The molecule has 0 aromatic carbocycles. The van der Waals surface area contributed by atoms with E-state index < -0.39 is 49.5 Å². The third-order valence-electron chi connectivity index (χ3n) is 13.8. The number of nitrogens with one attached hydrogen (secondary N) is 1. The van der Waals surface area contributed by atoms with Crippen molar-refractivity contribution in [2.45, 2.75) is 281 Å². The lowest BCUT2D eigenvalue weighted by molar-refractivity contribution is -0.302. The summed E-state index contributed by atoms with van der Waals surface area (Å²) in [5.74, 6) is -0.191. The number of rotatable bonds is 51. The number of aliphatic hydroxyl groups excluding tert-OH is 5. The molecule has 6 N–H and O–H groups in total. The van der Waals surface area contributed by atoms with Gasteiger partial charge in [-0.25, -0.2) is 0 Å². The zero-order valence-corrected chi connectivity index (χ0v) is 48.2. The fraction of sp³-hybridized carbons (Fsp3) is 0.687. The second-order valence-electron chi connectivity index (χ2n) is 20.8. The van der Waals surface area contributed by atoms with Gasteiger partial charge in [-0.3, -0.25) is 4.79 Å². The summed E-state index contributed by atoms with van der Waals surface area (Å²) in [5.41, 5.74) is 0. The van der Waals surface area contributed by atoms with Gasteiger partial charge in [-0.2, -0.15) is 0 Å². The van der Waals surface area contributed by atoms with Gasteiger partial charge in [0.2, 0.25) is 5.91 Å². The van der Waals surface area contributed by atoms with Crippen molar-refractivity contribution in [2.24, 2.45) is 0 Å². The summed E-state index contributed by atoms with van der Waals surface area (Å²) < 4.78 is 11.2. The average Bonchev–Trinajstić information content (AvgIpc) is 3.42.